The fourth-order valence-electron chi connectivity index (χ4n) is 1.33. The molecule has 3 heteroatoms. The quantitative estimate of drug-likeness (QED) is 0.777. The molecule has 1 atom stereocenters. The molecule has 2 nitrogen and oxygen atoms in total. The summed E-state index contributed by atoms with van der Waals surface area (Å²) in [6, 6.07) is 8.91. The van der Waals surface area contributed by atoms with Crippen molar-refractivity contribution in [3.8, 4) is 0 Å². The first kappa shape index (κ1) is 8.08. The zero-order chi connectivity index (χ0) is 8.55. The van der Waals surface area contributed by atoms with Gasteiger partial charge in [-0.2, -0.15) is 0 Å². The van der Waals surface area contributed by atoms with Crippen molar-refractivity contribution < 1.29 is 0 Å². The van der Waals surface area contributed by atoms with Gasteiger partial charge in [0.05, 0.1) is 6.04 Å². The molecule has 2 rings (SSSR count). The molecule has 1 unspecified atom stereocenters. The summed E-state index contributed by atoms with van der Waals surface area (Å²) < 4.78 is 1.12. The number of nitrogens with zero attached hydrogens (tertiary/aromatic N) is 1. The molecule has 0 bridgehead atoms. The minimum absolute atomic E-state index is 0.575. The zero-order valence-electron chi connectivity index (χ0n) is 6.70. The van der Waals surface area contributed by atoms with Crippen LogP contribution in [0.1, 0.15) is 0 Å². The van der Waals surface area contributed by atoms with Crippen LogP contribution in [0.4, 0.5) is 5.69 Å². The maximum Gasteiger partial charge on any atom is 0.0588 e. The minimum Gasteiger partial charge on any atom is -0.363 e. The number of anilines is 1. The van der Waals surface area contributed by atoms with Gasteiger partial charge in [0.1, 0.15) is 0 Å². The Morgan fingerprint density at radius 1 is 1.42 bits per heavy atom. The Kier molecular flexibility index (Phi) is 2.07. The van der Waals surface area contributed by atoms with Gasteiger partial charge in [0.15, 0.2) is 0 Å². The number of rotatable bonds is 2. The summed E-state index contributed by atoms with van der Waals surface area (Å²) in [5.74, 6) is 0. The molecule has 1 heterocycles. The highest BCUT2D eigenvalue weighted by molar-refractivity contribution is 9.10. The van der Waals surface area contributed by atoms with Crippen LogP contribution < -0.4 is 10.6 Å². The van der Waals surface area contributed by atoms with Crippen LogP contribution in [-0.2, 0) is 0 Å². The highest BCUT2D eigenvalue weighted by atomic mass is 79.9. The molecule has 2 N–H and O–H groups in total. The highest BCUT2D eigenvalue weighted by Gasteiger charge is 2.32. The van der Waals surface area contributed by atoms with Crippen LogP contribution in [0.3, 0.4) is 0 Å². The zero-order valence-corrected chi connectivity index (χ0v) is 8.29. The van der Waals surface area contributed by atoms with Crippen molar-refractivity contribution >= 4 is 21.6 Å². The summed E-state index contributed by atoms with van der Waals surface area (Å²) >= 11 is 3.40. The van der Waals surface area contributed by atoms with Crippen LogP contribution in [0, 0.1) is 0 Å². The summed E-state index contributed by atoms with van der Waals surface area (Å²) in [7, 11) is 0. The van der Waals surface area contributed by atoms with E-state index >= 15 is 0 Å². The lowest BCUT2D eigenvalue weighted by Crippen LogP contribution is -2.11. The van der Waals surface area contributed by atoms with Crippen LogP contribution in [0.5, 0.6) is 0 Å². The molecule has 1 aromatic carbocycles. The Balaban J connectivity index is 2.10. The van der Waals surface area contributed by atoms with E-state index in [-0.39, 0.29) is 0 Å². The lowest BCUT2D eigenvalue weighted by molar-refractivity contribution is 0.967. The van der Waals surface area contributed by atoms with Gasteiger partial charge in [-0.1, -0.05) is 15.9 Å². The summed E-state index contributed by atoms with van der Waals surface area (Å²) in [5.41, 5.74) is 6.81. The van der Waals surface area contributed by atoms with Crippen molar-refractivity contribution in [2.24, 2.45) is 5.73 Å². The van der Waals surface area contributed by atoms with E-state index in [4.69, 9.17) is 5.73 Å². The summed E-state index contributed by atoms with van der Waals surface area (Å²) in [4.78, 5) is 2.30. The Morgan fingerprint density at radius 2 is 2.08 bits per heavy atom. The fraction of sp³-hybridized carbons (Fsp3) is 0.333. The van der Waals surface area contributed by atoms with E-state index < -0.39 is 0 Å². The first-order valence-corrected chi connectivity index (χ1v) is 4.83. The topological polar surface area (TPSA) is 29.0 Å². The van der Waals surface area contributed by atoms with Gasteiger partial charge in [-0.25, -0.2) is 0 Å². The van der Waals surface area contributed by atoms with Crippen LogP contribution in [-0.4, -0.2) is 19.1 Å². The molecular weight excluding hydrogens is 216 g/mol. The van der Waals surface area contributed by atoms with Crippen LogP contribution >= 0.6 is 15.9 Å². The fourth-order valence-corrected chi connectivity index (χ4v) is 1.59. The van der Waals surface area contributed by atoms with Gasteiger partial charge in [0, 0.05) is 23.2 Å². The lowest BCUT2D eigenvalue weighted by atomic mass is 10.3. The van der Waals surface area contributed by atoms with E-state index in [9.17, 15) is 0 Å². The number of halogens is 1. The standard InChI is InChI=1S/C9H11BrN2/c10-7-1-3-8(4-2-7)12-6-9(12)5-11/h1-4,9H,5-6,11H2. The Bertz CT molecular complexity index is 270. The predicted octanol–water partition coefficient (Wildman–Crippen LogP) is 1.60. The van der Waals surface area contributed by atoms with Gasteiger partial charge in [0.25, 0.3) is 0 Å². The first-order chi connectivity index (χ1) is 5.81. The van der Waals surface area contributed by atoms with Gasteiger partial charge in [-0.15, -0.1) is 0 Å². The third-order valence-corrected chi connectivity index (χ3v) is 2.67. The first-order valence-electron chi connectivity index (χ1n) is 4.03. The van der Waals surface area contributed by atoms with E-state index in [1.54, 1.807) is 0 Å². The Hall–Kier alpha value is -0.540. The molecule has 64 valence electrons. The predicted molar refractivity (Wildman–Crippen MR) is 54.3 cm³/mol. The average molecular weight is 227 g/mol. The van der Waals surface area contributed by atoms with Gasteiger partial charge in [-0.3, -0.25) is 0 Å². The second-order valence-corrected chi connectivity index (χ2v) is 3.93. The largest absolute Gasteiger partial charge is 0.363 e. The molecule has 1 fully saturated rings. The molecule has 1 aliphatic rings. The molecule has 12 heavy (non-hydrogen) atoms. The summed E-state index contributed by atoms with van der Waals surface area (Å²) in [6.07, 6.45) is 0. The number of hydrogen-bond donors (Lipinski definition) is 1. The Labute approximate surface area is 80.5 Å². The molecule has 0 aromatic heterocycles. The molecule has 0 radical (unpaired) electrons. The smallest absolute Gasteiger partial charge is 0.0588 e. The molecule has 0 amide bonds. The maximum atomic E-state index is 5.54. The van der Waals surface area contributed by atoms with Crippen molar-refractivity contribution in [3.05, 3.63) is 28.7 Å². The minimum atomic E-state index is 0.575. The summed E-state index contributed by atoms with van der Waals surface area (Å²) in [6.45, 7) is 1.87. The van der Waals surface area contributed by atoms with E-state index in [1.165, 1.54) is 5.69 Å². The van der Waals surface area contributed by atoms with E-state index in [0.717, 1.165) is 17.6 Å². The molecule has 1 aromatic rings. The van der Waals surface area contributed by atoms with Gasteiger partial charge in [0.2, 0.25) is 0 Å². The van der Waals surface area contributed by atoms with Crippen molar-refractivity contribution in [2.45, 2.75) is 6.04 Å². The molecule has 0 aliphatic carbocycles. The molecule has 1 aliphatic heterocycles. The van der Waals surface area contributed by atoms with E-state index in [0.29, 0.717) is 6.04 Å². The monoisotopic (exact) mass is 226 g/mol. The number of hydrogen-bond acceptors (Lipinski definition) is 2. The van der Waals surface area contributed by atoms with E-state index in [2.05, 4.69) is 45.1 Å². The summed E-state index contributed by atoms with van der Waals surface area (Å²) in [5, 5.41) is 0. The normalized spacial score (nSPS) is 21.2. The van der Waals surface area contributed by atoms with Crippen molar-refractivity contribution in [3.63, 3.8) is 0 Å². The van der Waals surface area contributed by atoms with Gasteiger partial charge >= 0.3 is 0 Å². The van der Waals surface area contributed by atoms with E-state index in [1.807, 2.05) is 0 Å². The third kappa shape index (κ3) is 1.47. The highest BCUT2D eigenvalue weighted by Crippen LogP contribution is 2.27. The van der Waals surface area contributed by atoms with Gasteiger partial charge in [-0.05, 0) is 24.3 Å². The second kappa shape index (κ2) is 3.07. The van der Waals surface area contributed by atoms with Gasteiger partial charge < -0.3 is 10.6 Å². The molecule has 0 spiro atoms. The van der Waals surface area contributed by atoms with Crippen molar-refractivity contribution in [2.75, 3.05) is 18.0 Å². The number of benzene rings is 1. The van der Waals surface area contributed by atoms with Crippen LogP contribution in [0.2, 0.25) is 0 Å². The molecule has 1 saturated heterocycles. The lowest BCUT2D eigenvalue weighted by Gasteiger charge is -2.03. The van der Waals surface area contributed by atoms with Crippen molar-refractivity contribution in [1.82, 2.24) is 0 Å². The average Bonchev–Trinajstić information content (AvgIpc) is 2.85. The Morgan fingerprint density at radius 3 is 2.58 bits per heavy atom. The van der Waals surface area contributed by atoms with Crippen LogP contribution in [0.25, 0.3) is 0 Å². The second-order valence-electron chi connectivity index (χ2n) is 3.02. The van der Waals surface area contributed by atoms with Crippen LogP contribution in [0.15, 0.2) is 28.7 Å². The molecular formula is C9H11BrN2. The maximum absolute atomic E-state index is 5.54. The van der Waals surface area contributed by atoms with Crippen molar-refractivity contribution in [1.29, 1.82) is 0 Å². The number of nitrogens with two attached hydrogens (primary N) is 1. The third-order valence-electron chi connectivity index (χ3n) is 2.14. The molecule has 0 saturated carbocycles. The SMILES string of the molecule is NCC1CN1c1ccc(Br)cc1.